The number of amides is 4. The van der Waals surface area contributed by atoms with Crippen LogP contribution in [0, 0.1) is 0 Å². The molecule has 0 saturated carbocycles. The minimum absolute atomic E-state index is 0.00491. The van der Waals surface area contributed by atoms with Crippen LogP contribution in [0.1, 0.15) is 39.9 Å². The van der Waals surface area contributed by atoms with Crippen molar-refractivity contribution in [2.45, 2.75) is 36.7 Å². The number of alkyl halides is 2. The fourth-order valence-corrected chi connectivity index (χ4v) is 4.34. The summed E-state index contributed by atoms with van der Waals surface area (Å²) in [5.41, 5.74) is -1.06. The molecule has 0 bridgehead atoms. The van der Waals surface area contributed by atoms with Gasteiger partial charge < -0.3 is 10.2 Å². The molecule has 36 heavy (non-hydrogen) atoms. The lowest BCUT2D eigenvalue weighted by molar-refractivity contribution is -0.147. The SMILES string of the molecule is [B]c1c(Cl)ccc(C(F)(F)C(=O)NC([B])([B])c2ccc3c(c2)CN(C2CCC(=O)NC2=O)C3=O)c1[B]. The van der Waals surface area contributed by atoms with Gasteiger partial charge >= 0.3 is 5.92 Å². The van der Waals surface area contributed by atoms with E-state index in [1.54, 1.807) is 0 Å². The van der Waals surface area contributed by atoms with Gasteiger partial charge in [-0.3, -0.25) is 24.5 Å². The molecule has 7 nitrogen and oxygen atoms in total. The molecule has 2 aromatic carbocycles. The number of carbonyl (C=O) groups excluding carboxylic acids is 4. The molecule has 4 rings (SSSR count). The van der Waals surface area contributed by atoms with Gasteiger partial charge in [0.05, 0.1) is 15.7 Å². The van der Waals surface area contributed by atoms with Crippen LogP contribution in [0.4, 0.5) is 8.78 Å². The predicted molar refractivity (Wildman–Crippen MR) is 130 cm³/mol. The van der Waals surface area contributed by atoms with Crippen molar-refractivity contribution in [3.8, 4) is 0 Å². The highest BCUT2D eigenvalue weighted by Crippen LogP contribution is 2.32. The molecule has 14 heteroatoms. The van der Waals surface area contributed by atoms with Gasteiger partial charge in [-0.15, -0.1) is 0 Å². The molecule has 0 spiro atoms. The number of carbonyl (C=O) groups is 4. The van der Waals surface area contributed by atoms with Gasteiger partial charge in [-0.2, -0.15) is 8.78 Å². The van der Waals surface area contributed by atoms with Crippen LogP contribution in [0.25, 0.3) is 0 Å². The Morgan fingerprint density at radius 1 is 1.11 bits per heavy atom. The molecule has 1 fully saturated rings. The van der Waals surface area contributed by atoms with Gasteiger partial charge in [0.25, 0.3) is 11.8 Å². The predicted octanol–water partition coefficient (Wildman–Crippen LogP) is -0.956. The lowest BCUT2D eigenvalue weighted by Crippen LogP contribution is -2.53. The number of hydrogen-bond donors (Lipinski definition) is 2. The number of piperidine rings is 1. The number of hydrogen-bond acceptors (Lipinski definition) is 4. The maximum absolute atomic E-state index is 14.9. The number of fused-ring (bicyclic) bond motifs is 1. The van der Waals surface area contributed by atoms with E-state index < -0.39 is 52.0 Å². The van der Waals surface area contributed by atoms with Gasteiger partial charge in [0.2, 0.25) is 11.8 Å². The molecule has 2 aliphatic heterocycles. The Hall–Kier alpha value is -3.07. The number of imide groups is 1. The molecule has 2 aliphatic rings. The van der Waals surface area contributed by atoms with E-state index >= 15 is 0 Å². The average molecular weight is 501 g/mol. The maximum Gasteiger partial charge on any atom is 0.349 e. The average Bonchev–Trinajstić information content (AvgIpc) is 3.12. The molecular weight excluding hydrogens is 487 g/mol. The number of rotatable bonds is 5. The number of halogens is 3. The maximum atomic E-state index is 14.9. The lowest BCUT2D eigenvalue weighted by atomic mass is 9.57. The van der Waals surface area contributed by atoms with Crippen molar-refractivity contribution in [3.05, 3.63) is 57.6 Å². The highest BCUT2D eigenvalue weighted by Gasteiger charge is 2.44. The van der Waals surface area contributed by atoms with Crippen LogP contribution in [-0.4, -0.2) is 66.0 Å². The summed E-state index contributed by atoms with van der Waals surface area (Å²) in [5.74, 6) is -7.47. The summed E-state index contributed by atoms with van der Waals surface area (Å²) < 4.78 is 29.9. The van der Waals surface area contributed by atoms with Crippen molar-refractivity contribution >= 4 is 77.5 Å². The Bertz CT molecular complexity index is 1320. The Morgan fingerprint density at radius 2 is 1.81 bits per heavy atom. The molecule has 2 aromatic rings. The number of nitrogens with one attached hydrogen (secondary N) is 2. The third kappa shape index (κ3) is 4.45. The summed E-state index contributed by atoms with van der Waals surface area (Å²) >= 11 is 5.78. The van der Waals surface area contributed by atoms with Crippen LogP contribution in [0.2, 0.25) is 5.02 Å². The van der Waals surface area contributed by atoms with Gasteiger partial charge in [-0.25, -0.2) is 0 Å². The van der Waals surface area contributed by atoms with Crippen molar-refractivity contribution in [2.24, 2.45) is 0 Å². The van der Waals surface area contributed by atoms with E-state index in [0.29, 0.717) is 5.56 Å². The third-order valence-electron chi connectivity index (χ3n) is 6.18. The Labute approximate surface area is 215 Å². The van der Waals surface area contributed by atoms with Crippen LogP contribution >= 0.6 is 11.6 Å². The fraction of sp³-hybridized carbons (Fsp3) is 0.273. The van der Waals surface area contributed by atoms with E-state index in [4.69, 9.17) is 43.0 Å². The van der Waals surface area contributed by atoms with Crippen LogP contribution in [-0.2, 0) is 32.2 Å². The molecule has 4 amide bonds. The molecule has 1 saturated heterocycles. The van der Waals surface area contributed by atoms with Crippen molar-refractivity contribution in [1.82, 2.24) is 15.5 Å². The zero-order chi connectivity index (χ0) is 26.6. The third-order valence-corrected chi connectivity index (χ3v) is 6.51. The fourth-order valence-electron chi connectivity index (χ4n) is 4.18. The summed E-state index contributed by atoms with van der Waals surface area (Å²) in [4.78, 5) is 50.3. The van der Waals surface area contributed by atoms with E-state index in [-0.39, 0.29) is 41.0 Å². The zero-order valence-corrected chi connectivity index (χ0v) is 19.4. The van der Waals surface area contributed by atoms with E-state index in [1.165, 1.54) is 23.1 Å². The minimum Gasteiger partial charge on any atom is -0.358 e. The second kappa shape index (κ2) is 9.10. The highest BCUT2D eigenvalue weighted by atomic mass is 35.5. The van der Waals surface area contributed by atoms with E-state index in [9.17, 15) is 28.0 Å². The normalized spacial score (nSPS) is 18.1. The Balaban J connectivity index is 1.55. The Kier molecular flexibility index (Phi) is 6.58. The molecule has 2 heterocycles. The highest BCUT2D eigenvalue weighted by molar-refractivity contribution is 6.55. The van der Waals surface area contributed by atoms with Gasteiger partial charge in [-0.1, -0.05) is 40.7 Å². The standard InChI is InChI=1S/C22H14B4ClF2N3O4/c23-16-12(3-4-13(27)17(16)24)21(28,29)20(36)31-22(25,26)10-1-2-11-9(7-10)8-32(19(11)35)14-5-6-15(33)30-18(14)34/h1-4,7,14H,5-6,8H2,(H,31,36)(H,30,33,34). The van der Waals surface area contributed by atoms with Gasteiger partial charge in [-0.05, 0) is 35.0 Å². The van der Waals surface area contributed by atoms with Crippen LogP contribution in [0.3, 0.4) is 0 Å². The first-order chi connectivity index (χ1) is 16.7. The molecule has 0 aromatic heterocycles. The van der Waals surface area contributed by atoms with Crippen molar-refractivity contribution in [2.75, 3.05) is 0 Å². The summed E-state index contributed by atoms with van der Waals surface area (Å²) in [6.45, 7) is -0.00491. The van der Waals surface area contributed by atoms with Gasteiger partial charge in [0, 0.05) is 29.1 Å². The smallest absolute Gasteiger partial charge is 0.349 e. The first kappa shape index (κ1) is 26.0. The van der Waals surface area contributed by atoms with Crippen LogP contribution in [0.15, 0.2) is 30.3 Å². The van der Waals surface area contributed by atoms with Crippen molar-refractivity contribution < 1.29 is 28.0 Å². The van der Waals surface area contributed by atoms with E-state index in [0.717, 1.165) is 12.1 Å². The lowest BCUT2D eigenvalue weighted by Gasteiger charge is -2.31. The number of nitrogens with zero attached hydrogens (tertiary/aromatic N) is 1. The Morgan fingerprint density at radius 3 is 2.47 bits per heavy atom. The molecular formula is C22H14B4ClF2N3O4. The summed E-state index contributed by atoms with van der Waals surface area (Å²) in [6, 6.07) is 5.15. The summed E-state index contributed by atoms with van der Waals surface area (Å²) in [5, 5.41) is 1.77. The topological polar surface area (TPSA) is 95.6 Å². The number of benzene rings is 2. The first-order valence-corrected chi connectivity index (χ1v) is 11.0. The summed E-state index contributed by atoms with van der Waals surface area (Å²) in [6.07, 6.45) is 0.249. The van der Waals surface area contributed by atoms with E-state index in [1.807, 2.05) is 5.32 Å². The minimum atomic E-state index is -4.16. The second-order valence-corrected chi connectivity index (χ2v) is 9.00. The van der Waals surface area contributed by atoms with Gasteiger partial charge in [0.15, 0.2) is 0 Å². The molecule has 2 N–H and O–H groups in total. The zero-order valence-electron chi connectivity index (χ0n) is 18.6. The first-order valence-electron chi connectivity index (χ1n) is 10.6. The van der Waals surface area contributed by atoms with Gasteiger partial charge in [0.1, 0.15) is 21.7 Å². The molecule has 1 atom stereocenters. The van der Waals surface area contributed by atoms with Crippen molar-refractivity contribution in [1.29, 1.82) is 0 Å². The monoisotopic (exact) mass is 501 g/mol. The second-order valence-electron chi connectivity index (χ2n) is 8.59. The van der Waals surface area contributed by atoms with Crippen LogP contribution < -0.4 is 21.6 Å². The molecule has 0 aliphatic carbocycles. The van der Waals surface area contributed by atoms with E-state index in [2.05, 4.69) is 5.32 Å². The molecule has 174 valence electrons. The van der Waals surface area contributed by atoms with Crippen LogP contribution in [0.5, 0.6) is 0 Å². The molecule has 8 radical (unpaired) electrons. The van der Waals surface area contributed by atoms with Crippen molar-refractivity contribution in [3.63, 3.8) is 0 Å². The molecule has 1 unspecified atom stereocenters. The largest absolute Gasteiger partial charge is 0.358 e. The quantitative estimate of drug-likeness (QED) is 0.408. The summed E-state index contributed by atoms with van der Waals surface area (Å²) in [7, 11) is 23.2.